The van der Waals surface area contributed by atoms with Crippen molar-refractivity contribution in [3.8, 4) is 0 Å². The summed E-state index contributed by atoms with van der Waals surface area (Å²) >= 11 is 0. The van der Waals surface area contributed by atoms with Crippen LogP contribution in [0, 0.1) is 0 Å². The Morgan fingerprint density at radius 1 is 1.04 bits per heavy atom. The molecule has 1 atom stereocenters. The molecule has 0 aliphatic carbocycles. The lowest BCUT2D eigenvalue weighted by Gasteiger charge is -2.23. The fraction of sp³-hybridized carbons (Fsp3) is 0.706. The Morgan fingerprint density at radius 2 is 1.58 bits per heavy atom. The summed E-state index contributed by atoms with van der Waals surface area (Å²) in [6.45, 7) is 13.8. The largest absolute Gasteiger partial charge is 0.460 e. The highest BCUT2D eigenvalue weighted by molar-refractivity contribution is 5.82. The fourth-order valence-electron chi connectivity index (χ4n) is 1.60. The molecule has 0 spiro atoms. The molecule has 0 radical (unpaired) electrons. The first kappa shape index (κ1) is 21.9. The molecule has 0 aromatic carbocycles. The molecule has 0 rings (SSSR count). The van der Waals surface area contributed by atoms with Crippen molar-refractivity contribution in [2.75, 3.05) is 6.61 Å². The number of hydrogen-bond acceptors (Lipinski definition) is 6. The van der Waals surface area contributed by atoms with E-state index in [4.69, 9.17) is 14.2 Å². The number of esters is 2. The Balaban J connectivity index is 4.75. The topological polar surface area (TPSA) is 90.9 Å². The van der Waals surface area contributed by atoms with Gasteiger partial charge in [-0.15, -0.1) is 0 Å². The van der Waals surface area contributed by atoms with E-state index in [1.165, 1.54) is 6.08 Å². The van der Waals surface area contributed by atoms with E-state index in [9.17, 15) is 14.4 Å². The van der Waals surface area contributed by atoms with Gasteiger partial charge < -0.3 is 19.5 Å². The van der Waals surface area contributed by atoms with Gasteiger partial charge in [-0.1, -0.05) is 12.7 Å². The van der Waals surface area contributed by atoms with Crippen molar-refractivity contribution >= 4 is 18.0 Å². The predicted molar refractivity (Wildman–Crippen MR) is 89.4 cm³/mol. The van der Waals surface area contributed by atoms with E-state index in [0.29, 0.717) is 0 Å². The lowest BCUT2D eigenvalue weighted by Crippen LogP contribution is -2.44. The van der Waals surface area contributed by atoms with Crippen molar-refractivity contribution in [1.29, 1.82) is 0 Å². The number of hydrogen-bond donors (Lipinski definition) is 1. The Labute approximate surface area is 143 Å². The Bertz CT molecular complexity index is 459. The lowest BCUT2D eigenvalue weighted by molar-refractivity contribution is -0.155. The molecule has 0 unspecified atom stereocenters. The smallest absolute Gasteiger partial charge is 0.408 e. The molecule has 0 aromatic heterocycles. The van der Waals surface area contributed by atoms with Gasteiger partial charge in [0.15, 0.2) is 0 Å². The van der Waals surface area contributed by atoms with Gasteiger partial charge in [-0.25, -0.2) is 9.59 Å². The first-order valence-electron chi connectivity index (χ1n) is 7.83. The van der Waals surface area contributed by atoms with Crippen molar-refractivity contribution in [2.45, 2.75) is 71.6 Å². The van der Waals surface area contributed by atoms with Crippen LogP contribution in [-0.4, -0.2) is 41.9 Å². The number of carbonyl (C=O) groups excluding carboxylic acids is 3. The molecule has 7 heteroatoms. The number of rotatable bonds is 7. The molecular weight excluding hydrogens is 314 g/mol. The van der Waals surface area contributed by atoms with E-state index < -0.39 is 35.3 Å². The molecule has 0 fully saturated rings. The second-order valence-electron chi connectivity index (χ2n) is 7.24. The minimum Gasteiger partial charge on any atom is -0.460 e. The molecule has 138 valence electrons. The van der Waals surface area contributed by atoms with E-state index >= 15 is 0 Å². The van der Waals surface area contributed by atoms with Gasteiger partial charge in [-0.2, -0.15) is 0 Å². The first-order chi connectivity index (χ1) is 10.8. The zero-order chi connectivity index (χ0) is 19.0. The fourth-order valence-corrected chi connectivity index (χ4v) is 1.60. The van der Waals surface area contributed by atoms with Gasteiger partial charge in [0.1, 0.15) is 23.9 Å². The molecule has 0 saturated heterocycles. The molecule has 0 aliphatic rings. The van der Waals surface area contributed by atoms with Crippen LogP contribution in [0.4, 0.5) is 4.79 Å². The second kappa shape index (κ2) is 9.30. The number of carbonyl (C=O) groups is 3. The number of nitrogens with one attached hydrogen (secondary N) is 1. The van der Waals surface area contributed by atoms with Gasteiger partial charge in [0, 0.05) is 6.42 Å². The van der Waals surface area contributed by atoms with Gasteiger partial charge >= 0.3 is 18.0 Å². The van der Waals surface area contributed by atoms with Gasteiger partial charge in [-0.05, 0) is 48.0 Å². The van der Waals surface area contributed by atoms with Crippen molar-refractivity contribution in [3.05, 3.63) is 12.7 Å². The molecule has 0 heterocycles. The third-order valence-electron chi connectivity index (χ3n) is 2.38. The maximum Gasteiger partial charge on any atom is 0.408 e. The normalized spacial score (nSPS) is 12.8. The Kier molecular flexibility index (Phi) is 8.50. The third kappa shape index (κ3) is 11.5. The summed E-state index contributed by atoms with van der Waals surface area (Å²) in [7, 11) is 0. The molecule has 0 aromatic rings. The van der Waals surface area contributed by atoms with Crippen molar-refractivity contribution in [2.24, 2.45) is 0 Å². The highest BCUT2D eigenvalue weighted by Crippen LogP contribution is 2.12. The Hall–Kier alpha value is -2.05. The molecule has 0 aliphatic heterocycles. The average molecular weight is 343 g/mol. The van der Waals surface area contributed by atoms with Crippen molar-refractivity contribution < 1.29 is 28.6 Å². The van der Waals surface area contributed by atoms with Crippen LogP contribution in [0.15, 0.2) is 12.7 Å². The van der Waals surface area contributed by atoms with E-state index in [1.807, 2.05) is 0 Å². The van der Waals surface area contributed by atoms with E-state index in [0.717, 1.165) is 0 Å². The van der Waals surface area contributed by atoms with E-state index in [1.54, 1.807) is 41.5 Å². The van der Waals surface area contributed by atoms with Crippen LogP contribution < -0.4 is 5.32 Å². The van der Waals surface area contributed by atoms with Gasteiger partial charge in [0.2, 0.25) is 0 Å². The third-order valence-corrected chi connectivity index (χ3v) is 2.38. The summed E-state index contributed by atoms with van der Waals surface area (Å²) in [5, 5.41) is 2.42. The highest BCUT2D eigenvalue weighted by atomic mass is 16.6. The van der Waals surface area contributed by atoms with Crippen LogP contribution in [0.25, 0.3) is 0 Å². The van der Waals surface area contributed by atoms with Gasteiger partial charge in [0.05, 0.1) is 0 Å². The number of alkyl carbamates (subject to hydrolysis) is 1. The van der Waals surface area contributed by atoms with E-state index in [-0.39, 0.29) is 19.4 Å². The summed E-state index contributed by atoms with van der Waals surface area (Å²) in [5.74, 6) is -1.13. The molecule has 1 amide bonds. The zero-order valence-corrected chi connectivity index (χ0v) is 15.4. The van der Waals surface area contributed by atoms with Crippen LogP contribution in [0.3, 0.4) is 0 Å². The molecular formula is C17H29NO6. The predicted octanol–water partition coefficient (Wildman–Crippen LogP) is 2.73. The van der Waals surface area contributed by atoms with Crippen LogP contribution in [0.2, 0.25) is 0 Å². The minimum atomic E-state index is -1.01. The van der Waals surface area contributed by atoms with Crippen LogP contribution in [-0.2, 0) is 23.8 Å². The number of ether oxygens (including phenoxy) is 3. The SMILES string of the molecule is C=CCOC(=O)[C@H](CCC(=O)OC(C)(C)C)NC(=O)OC(C)(C)C. The van der Waals surface area contributed by atoms with Gasteiger partial charge in [0.25, 0.3) is 0 Å². The van der Waals surface area contributed by atoms with Crippen LogP contribution in [0.5, 0.6) is 0 Å². The summed E-state index contributed by atoms with van der Waals surface area (Å²) in [4.78, 5) is 35.6. The summed E-state index contributed by atoms with van der Waals surface area (Å²) in [6, 6.07) is -1.01. The quantitative estimate of drug-likeness (QED) is 0.434. The van der Waals surface area contributed by atoms with E-state index in [2.05, 4.69) is 11.9 Å². The second-order valence-corrected chi connectivity index (χ2v) is 7.24. The van der Waals surface area contributed by atoms with Crippen LogP contribution >= 0.6 is 0 Å². The summed E-state index contributed by atoms with van der Waals surface area (Å²) < 4.78 is 15.2. The monoisotopic (exact) mass is 343 g/mol. The summed E-state index contributed by atoms with van der Waals surface area (Å²) in [6.07, 6.45) is 0.661. The summed E-state index contributed by atoms with van der Waals surface area (Å²) in [5.41, 5.74) is -1.32. The highest BCUT2D eigenvalue weighted by Gasteiger charge is 2.27. The maximum atomic E-state index is 12.0. The molecule has 7 nitrogen and oxygen atoms in total. The molecule has 1 N–H and O–H groups in total. The van der Waals surface area contributed by atoms with Gasteiger partial charge in [-0.3, -0.25) is 4.79 Å². The first-order valence-corrected chi connectivity index (χ1v) is 7.83. The molecule has 24 heavy (non-hydrogen) atoms. The van der Waals surface area contributed by atoms with Crippen LogP contribution in [0.1, 0.15) is 54.4 Å². The zero-order valence-electron chi connectivity index (χ0n) is 15.4. The standard InChI is InChI=1S/C17H29NO6/c1-8-11-22-14(20)12(18-15(21)24-17(5,6)7)9-10-13(19)23-16(2,3)4/h8,12H,1,9-11H2,2-7H3,(H,18,21)/t12-/m0/s1. The average Bonchev–Trinajstić information content (AvgIpc) is 2.36. The maximum absolute atomic E-state index is 12.0. The molecule has 0 bridgehead atoms. The molecule has 0 saturated carbocycles. The van der Waals surface area contributed by atoms with Crippen molar-refractivity contribution in [1.82, 2.24) is 5.32 Å². The lowest BCUT2D eigenvalue weighted by atomic mass is 10.1. The van der Waals surface area contributed by atoms with Crippen molar-refractivity contribution in [3.63, 3.8) is 0 Å². The minimum absolute atomic E-state index is 0.0117. The Morgan fingerprint density at radius 3 is 2.04 bits per heavy atom. The number of amides is 1.